The van der Waals surface area contributed by atoms with E-state index in [4.69, 9.17) is 23.4 Å². The van der Waals surface area contributed by atoms with Gasteiger partial charge in [-0.25, -0.2) is 0 Å². The van der Waals surface area contributed by atoms with Crippen molar-refractivity contribution < 1.29 is 23.4 Å². The summed E-state index contributed by atoms with van der Waals surface area (Å²) in [6.07, 6.45) is 2.03. The lowest BCUT2D eigenvalue weighted by molar-refractivity contribution is 0.000788. The molecule has 0 unspecified atom stereocenters. The van der Waals surface area contributed by atoms with Crippen molar-refractivity contribution in [2.24, 2.45) is 0 Å². The molecule has 0 radical (unpaired) electrons. The fourth-order valence-corrected chi connectivity index (χ4v) is 3.92. The van der Waals surface area contributed by atoms with Crippen LogP contribution in [0.25, 0.3) is 0 Å². The highest BCUT2D eigenvalue weighted by atomic mass is 28.4. The average molecular weight is 337 g/mol. The summed E-state index contributed by atoms with van der Waals surface area (Å²) in [6.45, 7) is 15.4. The van der Waals surface area contributed by atoms with E-state index in [0.717, 1.165) is 19.4 Å². The van der Waals surface area contributed by atoms with Crippen LogP contribution in [0.5, 0.6) is 0 Å². The smallest absolute Gasteiger partial charge is 0.184 e. The van der Waals surface area contributed by atoms with E-state index in [1.54, 1.807) is 7.11 Å². The first-order valence-electron chi connectivity index (χ1n) is 8.19. The van der Waals surface area contributed by atoms with Gasteiger partial charge in [-0.3, -0.25) is 0 Å². The second-order valence-corrected chi connectivity index (χ2v) is 11.3. The highest BCUT2D eigenvalue weighted by Gasteiger charge is 2.26. The zero-order chi connectivity index (χ0) is 16.9. The van der Waals surface area contributed by atoms with E-state index in [-0.39, 0.29) is 5.60 Å². The van der Waals surface area contributed by atoms with Crippen LogP contribution in [0.1, 0.15) is 26.7 Å². The minimum atomic E-state index is -1.48. The lowest BCUT2D eigenvalue weighted by Gasteiger charge is -2.33. The number of rotatable bonds is 15. The summed E-state index contributed by atoms with van der Waals surface area (Å²) >= 11 is 0. The number of methoxy groups -OCH3 is 1. The van der Waals surface area contributed by atoms with Crippen LogP contribution in [-0.2, 0) is 23.4 Å². The zero-order valence-electron chi connectivity index (χ0n) is 15.4. The molecule has 0 N–H and O–H groups in total. The van der Waals surface area contributed by atoms with Crippen molar-refractivity contribution in [1.29, 1.82) is 0 Å². The van der Waals surface area contributed by atoms with Gasteiger partial charge >= 0.3 is 0 Å². The maximum atomic E-state index is 6.16. The summed E-state index contributed by atoms with van der Waals surface area (Å²) in [5, 5.41) is 0. The summed E-state index contributed by atoms with van der Waals surface area (Å²) in [7, 11) is 0.186. The SMILES string of the molecule is COCCOCCOCCOCCCC(C)(C)O[Si](C)(C)C. The van der Waals surface area contributed by atoms with Crippen LogP contribution in [0.4, 0.5) is 0 Å². The van der Waals surface area contributed by atoms with Gasteiger partial charge < -0.3 is 23.4 Å². The van der Waals surface area contributed by atoms with E-state index < -0.39 is 8.32 Å². The molecule has 0 aromatic rings. The molecule has 0 aromatic heterocycles. The molecule has 0 aromatic carbocycles. The predicted molar refractivity (Wildman–Crippen MR) is 92.1 cm³/mol. The quantitative estimate of drug-likeness (QED) is 0.340. The van der Waals surface area contributed by atoms with Gasteiger partial charge in [0.25, 0.3) is 0 Å². The standard InChI is InChI=1S/C16H36O5Si/c1-16(2,21-22(4,5)6)8-7-9-18-12-13-20-15-14-19-11-10-17-3/h7-15H2,1-6H3. The van der Waals surface area contributed by atoms with Crippen molar-refractivity contribution in [3.63, 3.8) is 0 Å². The Morgan fingerprint density at radius 2 is 1.18 bits per heavy atom. The molecule has 0 rings (SSSR count). The minimum absolute atomic E-state index is 0.0517. The molecule has 6 heteroatoms. The van der Waals surface area contributed by atoms with Crippen LogP contribution >= 0.6 is 0 Å². The third-order valence-electron chi connectivity index (χ3n) is 2.83. The molecule has 0 aliphatic carbocycles. The fraction of sp³-hybridized carbons (Fsp3) is 1.00. The van der Waals surface area contributed by atoms with Crippen LogP contribution in [0, 0.1) is 0 Å². The normalized spacial score (nSPS) is 12.8. The highest BCUT2D eigenvalue weighted by molar-refractivity contribution is 6.69. The van der Waals surface area contributed by atoms with Crippen LogP contribution in [0.2, 0.25) is 19.6 Å². The third kappa shape index (κ3) is 16.4. The minimum Gasteiger partial charge on any atom is -0.413 e. The van der Waals surface area contributed by atoms with Gasteiger partial charge in [0.05, 0.1) is 45.2 Å². The topological polar surface area (TPSA) is 46.2 Å². The second-order valence-electron chi connectivity index (χ2n) is 6.91. The van der Waals surface area contributed by atoms with Crippen molar-refractivity contribution >= 4 is 8.32 Å². The van der Waals surface area contributed by atoms with Crippen molar-refractivity contribution in [2.75, 3.05) is 53.4 Å². The Morgan fingerprint density at radius 3 is 1.64 bits per heavy atom. The Hall–Kier alpha value is 0.0169. The largest absolute Gasteiger partial charge is 0.413 e. The molecule has 0 heterocycles. The molecular formula is C16H36O5Si. The lowest BCUT2D eigenvalue weighted by atomic mass is 10.0. The Bertz CT molecular complexity index is 253. The number of ether oxygens (including phenoxy) is 4. The van der Waals surface area contributed by atoms with Crippen LogP contribution in [0.15, 0.2) is 0 Å². The molecule has 0 fully saturated rings. The third-order valence-corrected chi connectivity index (χ3v) is 3.99. The number of hydrogen-bond acceptors (Lipinski definition) is 5. The first kappa shape index (κ1) is 22.0. The van der Waals surface area contributed by atoms with Crippen molar-refractivity contribution in [1.82, 2.24) is 0 Å². The molecule has 0 atom stereocenters. The van der Waals surface area contributed by atoms with Crippen LogP contribution < -0.4 is 0 Å². The monoisotopic (exact) mass is 336 g/mol. The fourth-order valence-electron chi connectivity index (χ4n) is 2.16. The van der Waals surface area contributed by atoms with Gasteiger partial charge in [-0.1, -0.05) is 0 Å². The molecule has 0 aliphatic rings. The van der Waals surface area contributed by atoms with E-state index in [0.29, 0.717) is 39.6 Å². The van der Waals surface area contributed by atoms with Crippen LogP contribution in [0.3, 0.4) is 0 Å². The predicted octanol–water partition coefficient (Wildman–Crippen LogP) is 3.09. The van der Waals surface area contributed by atoms with E-state index in [1.165, 1.54) is 0 Å². The molecule has 0 spiro atoms. The van der Waals surface area contributed by atoms with E-state index in [2.05, 4.69) is 33.5 Å². The van der Waals surface area contributed by atoms with E-state index in [9.17, 15) is 0 Å². The van der Waals surface area contributed by atoms with Crippen molar-refractivity contribution in [3.05, 3.63) is 0 Å². The maximum Gasteiger partial charge on any atom is 0.184 e. The second kappa shape index (κ2) is 12.4. The van der Waals surface area contributed by atoms with Gasteiger partial charge in [-0.05, 0) is 46.3 Å². The molecule has 0 aliphatic heterocycles. The molecular weight excluding hydrogens is 300 g/mol. The molecule has 22 heavy (non-hydrogen) atoms. The van der Waals surface area contributed by atoms with Gasteiger partial charge in [-0.2, -0.15) is 0 Å². The molecule has 5 nitrogen and oxygen atoms in total. The molecule has 134 valence electrons. The van der Waals surface area contributed by atoms with Crippen LogP contribution in [-0.4, -0.2) is 67.3 Å². The van der Waals surface area contributed by atoms with Gasteiger partial charge in [0, 0.05) is 13.7 Å². The van der Waals surface area contributed by atoms with Gasteiger partial charge in [0.1, 0.15) is 0 Å². The molecule has 0 amide bonds. The Balaban J connectivity index is 3.33. The summed E-state index contributed by atoms with van der Waals surface area (Å²) in [5.74, 6) is 0. The van der Waals surface area contributed by atoms with E-state index >= 15 is 0 Å². The Kier molecular flexibility index (Phi) is 12.5. The van der Waals surface area contributed by atoms with Crippen molar-refractivity contribution in [2.45, 2.75) is 51.9 Å². The Labute approximate surface area is 137 Å². The molecule has 0 saturated carbocycles. The zero-order valence-corrected chi connectivity index (χ0v) is 16.4. The van der Waals surface area contributed by atoms with Gasteiger partial charge in [0.15, 0.2) is 8.32 Å². The van der Waals surface area contributed by atoms with Crippen molar-refractivity contribution in [3.8, 4) is 0 Å². The first-order chi connectivity index (χ1) is 10.3. The summed E-state index contributed by atoms with van der Waals surface area (Å²) in [6, 6.07) is 0. The average Bonchev–Trinajstić information content (AvgIpc) is 2.37. The van der Waals surface area contributed by atoms with E-state index in [1.807, 2.05) is 0 Å². The summed E-state index contributed by atoms with van der Waals surface area (Å²) < 4.78 is 27.3. The Morgan fingerprint density at radius 1 is 0.727 bits per heavy atom. The first-order valence-corrected chi connectivity index (χ1v) is 11.6. The van der Waals surface area contributed by atoms with Gasteiger partial charge in [0.2, 0.25) is 0 Å². The molecule has 0 bridgehead atoms. The molecule has 0 saturated heterocycles. The van der Waals surface area contributed by atoms with Gasteiger partial charge in [-0.15, -0.1) is 0 Å². The summed E-state index contributed by atoms with van der Waals surface area (Å²) in [5.41, 5.74) is -0.0517. The number of hydrogen-bond donors (Lipinski definition) is 0. The summed E-state index contributed by atoms with van der Waals surface area (Å²) in [4.78, 5) is 0. The highest BCUT2D eigenvalue weighted by Crippen LogP contribution is 2.22. The maximum absolute atomic E-state index is 6.16. The lowest BCUT2D eigenvalue weighted by Crippen LogP contribution is -2.38.